The molecular weight excluding hydrogens is 274 g/mol. The van der Waals surface area contributed by atoms with E-state index in [0.29, 0.717) is 5.92 Å². The number of carbonyl (C=O) groups is 1. The summed E-state index contributed by atoms with van der Waals surface area (Å²) in [7, 11) is 0. The van der Waals surface area contributed by atoms with Gasteiger partial charge < -0.3 is 4.84 Å². The number of allylic oxidation sites excluding steroid dienone is 2. The Kier molecular flexibility index (Phi) is 5.53. The fourth-order valence-corrected chi connectivity index (χ4v) is 2.37. The number of oxime groups is 1. The summed E-state index contributed by atoms with van der Waals surface area (Å²) in [6.07, 6.45) is 8.83. The minimum Gasteiger partial charge on any atom is -0.317 e. The number of hydrogen-bond donors (Lipinski definition) is 0. The molecule has 3 heteroatoms. The Bertz CT molecular complexity index is 553. The lowest BCUT2D eigenvalue weighted by atomic mass is 9.89. The summed E-state index contributed by atoms with van der Waals surface area (Å²) in [6, 6.07) is 9.95. The maximum absolute atomic E-state index is 11.9. The van der Waals surface area contributed by atoms with Crippen molar-refractivity contribution in [2.75, 3.05) is 0 Å². The number of rotatable bonds is 4. The molecule has 0 N–H and O–H groups in total. The van der Waals surface area contributed by atoms with Crippen LogP contribution in [0.2, 0.25) is 0 Å². The Balaban J connectivity index is 2.16. The lowest BCUT2D eigenvalue weighted by Crippen LogP contribution is -2.22. The van der Waals surface area contributed by atoms with E-state index in [1.165, 1.54) is 6.42 Å². The van der Waals surface area contributed by atoms with E-state index >= 15 is 0 Å². The van der Waals surface area contributed by atoms with Crippen LogP contribution in [0.1, 0.15) is 52.0 Å². The Morgan fingerprint density at radius 1 is 1.27 bits per heavy atom. The number of hydrogen-bond acceptors (Lipinski definition) is 3. The molecule has 1 aromatic rings. The van der Waals surface area contributed by atoms with Crippen LogP contribution in [0.15, 0.2) is 47.6 Å². The van der Waals surface area contributed by atoms with Crippen molar-refractivity contribution in [2.24, 2.45) is 16.5 Å². The molecule has 0 heterocycles. The Morgan fingerprint density at radius 2 is 2.00 bits per heavy atom. The molecule has 22 heavy (non-hydrogen) atoms. The normalized spacial score (nSPS) is 19.0. The number of nitrogens with zero attached hydrogens (tertiary/aromatic N) is 1. The van der Waals surface area contributed by atoms with Crippen LogP contribution in [0.3, 0.4) is 0 Å². The molecule has 1 aliphatic rings. The van der Waals surface area contributed by atoms with Gasteiger partial charge in [-0.2, -0.15) is 0 Å². The predicted molar refractivity (Wildman–Crippen MR) is 89.6 cm³/mol. The molecule has 1 aliphatic carbocycles. The third-order valence-corrected chi connectivity index (χ3v) is 3.77. The monoisotopic (exact) mass is 299 g/mol. The van der Waals surface area contributed by atoms with Gasteiger partial charge in [-0.05, 0) is 57.9 Å². The van der Waals surface area contributed by atoms with Crippen molar-refractivity contribution in [1.82, 2.24) is 0 Å². The van der Waals surface area contributed by atoms with E-state index in [1.807, 2.05) is 51.1 Å². The van der Waals surface area contributed by atoms with Crippen LogP contribution in [0, 0.1) is 11.3 Å². The Hall–Kier alpha value is -1.90. The average molecular weight is 299 g/mol. The van der Waals surface area contributed by atoms with Gasteiger partial charge in [-0.15, -0.1) is 0 Å². The molecule has 0 saturated heterocycles. The van der Waals surface area contributed by atoms with E-state index in [-0.39, 0.29) is 5.97 Å². The highest BCUT2D eigenvalue weighted by atomic mass is 16.7. The first-order valence-electron chi connectivity index (χ1n) is 7.97. The van der Waals surface area contributed by atoms with Gasteiger partial charge in [0, 0.05) is 0 Å². The molecule has 1 aromatic carbocycles. The summed E-state index contributed by atoms with van der Waals surface area (Å²) in [4.78, 5) is 17.1. The van der Waals surface area contributed by atoms with Gasteiger partial charge in [0.2, 0.25) is 0 Å². The van der Waals surface area contributed by atoms with Gasteiger partial charge in [0.25, 0.3) is 0 Å². The summed E-state index contributed by atoms with van der Waals surface area (Å²) in [6.45, 7) is 5.49. The van der Waals surface area contributed by atoms with Gasteiger partial charge >= 0.3 is 5.97 Å². The first-order chi connectivity index (χ1) is 10.5. The maximum Gasteiger partial charge on any atom is 0.340 e. The Labute approximate surface area is 133 Å². The highest BCUT2D eigenvalue weighted by Crippen LogP contribution is 2.23. The zero-order valence-corrected chi connectivity index (χ0v) is 13.7. The first-order valence-corrected chi connectivity index (χ1v) is 7.97. The van der Waals surface area contributed by atoms with Crippen molar-refractivity contribution in [3.8, 4) is 0 Å². The van der Waals surface area contributed by atoms with Crippen LogP contribution in [-0.2, 0) is 9.63 Å². The summed E-state index contributed by atoms with van der Waals surface area (Å²) in [5, 5.41) is 4.19. The standard InChI is InChI=1S/C19H25NO2/c1-19(2,3)18(21)22-20-17(16-12-8-5-9-13-16)14-15-10-6-4-7-11-15/h5-6,8-10,12-13,15H,4,7,11,14H2,1-3H3/b20-17-. The van der Waals surface area contributed by atoms with E-state index < -0.39 is 5.41 Å². The largest absolute Gasteiger partial charge is 0.340 e. The van der Waals surface area contributed by atoms with E-state index in [4.69, 9.17) is 4.84 Å². The smallest absolute Gasteiger partial charge is 0.317 e. The van der Waals surface area contributed by atoms with Crippen LogP contribution in [0.5, 0.6) is 0 Å². The van der Waals surface area contributed by atoms with Crippen molar-refractivity contribution in [2.45, 2.75) is 46.5 Å². The molecule has 2 rings (SSSR count). The second-order valence-corrected chi connectivity index (χ2v) is 6.86. The molecular formula is C19H25NO2. The van der Waals surface area contributed by atoms with Gasteiger partial charge in [-0.25, -0.2) is 4.79 Å². The van der Waals surface area contributed by atoms with E-state index in [9.17, 15) is 4.79 Å². The lowest BCUT2D eigenvalue weighted by molar-refractivity contribution is -0.152. The molecule has 1 atom stereocenters. The highest BCUT2D eigenvalue weighted by molar-refractivity contribution is 6.00. The van der Waals surface area contributed by atoms with Gasteiger partial charge in [0.15, 0.2) is 0 Å². The van der Waals surface area contributed by atoms with Gasteiger partial charge in [-0.1, -0.05) is 47.6 Å². The van der Waals surface area contributed by atoms with Crippen molar-refractivity contribution >= 4 is 11.7 Å². The molecule has 0 aliphatic heterocycles. The molecule has 0 saturated carbocycles. The first kappa shape index (κ1) is 16.5. The molecule has 3 nitrogen and oxygen atoms in total. The molecule has 1 unspecified atom stereocenters. The third kappa shape index (κ3) is 4.83. The summed E-state index contributed by atoms with van der Waals surface area (Å²) in [5.41, 5.74) is 1.31. The Morgan fingerprint density at radius 3 is 2.59 bits per heavy atom. The molecule has 0 spiro atoms. The highest BCUT2D eigenvalue weighted by Gasteiger charge is 2.24. The van der Waals surface area contributed by atoms with Crippen molar-refractivity contribution in [1.29, 1.82) is 0 Å². The predicted octanol–water partition coefficient (Wildman–Crippen LogP) is 4.73. The number of benzene rings is 1. The van der Waals surface area contributed by atoms with Gasteiger partial charge in [0.05, 0.1) is 11.1 Å². The zero-order chi connectivity index (χ0) is 16.0. The molecule has 0 amide bonds. The SMILES string of the molecule is CC(C)(C)C(=O)O/N=C(/CC1C=CCCC1)c1ccccc1. The summed E-state index contributed by atoms with van der Waals surface area (Å²) < 4.78 is 0. The molecule has 0 radical (unpaired) electrons. The summed E-state index contributed by atoms with van der Waals surface area (Å²) in [5.74, 6) is 0.168. The molecule has 0 fully saturated rings. The summed E-state index contributed by atoms with van der Waals surface area (Å²) >= 11 is 0. The van der Waals surface area contributed by atoms with Crippen LogP contribution in [0.25, 0.3) is 0 Å². The molecule has 0 aromatic heterocycles. The van der Waals surface area contributed by atoms with Crippen LogP contribution in [-0.4, -0.2) is 11.7 Å². The third-order valence-electron chi connectivity index (χ3n) is 3.77. The molecule has 0 bridgehead atoms. The topological polar surface area (TPSA) is 38.7 Å². The minimum atomic E-state index is -0.546. The van der Waals surface area contributed by atoms with Gasteiger partial charge in [-0.3, -0.25) is 0 Å². The van der Waals surface area contributed by atoms with E-state index in [1.54, 1.807) is 0 Å². The molecule has 118 valence electrons. The van der Waals surface area contributed by atoms with Crippen molar-refractivity contribution in [3.63, 3.8) is 0 Å². The second-order valence-electron chi connectivity index (χ2n) is 6.86. The van der Waals surface area contributed by atoms with Crippen LogP contribution >= 0.6 is 0 Å². The van der Waals surface area contributed by atoms with Crippen molar-refractivity contribution < 1.29 is 9.63 Å². The quantitative estimate of drug-likeness (QED) is 0.349. The van der Waals surface area contributed by atoms with Gasteiger partial charge in [0.1, 0.15) is 0 Å². The second kappa shape index (κ2) is 7.39. The minimum absolute atomic E-state index is 0.305. The lowest BCUT2D eigenvalue weighted by Gasteiger charge is -2.18. The van der Waals surface area contributed by atoms with E-state index in [2.05, 4.69) is 17.3 Å². The fraction of sp³-hybridized carbons (Fsp3) is 0.474. The van der Waals surface area contributed by atoms with E-state index in [0.717, 1.165) is 30.5 Å². The van der Waals surface area contributed by atoms with Crippen LogP contribution in [0.4, 0.5) is 0 Å². The zero-order valence-electron chi connectivity index (χ0n) is 13.7. The fourth-order valence-electron chi connectivity index (χ4n) is 2.37. The average Bonchev–Trinajstić information content (AvgIpc) is 2.52. The number of carbonyl (C=O) groups excluding carboxylic acids is 1. The van der Waals surface area contributed by atoms with Crippen LogP contribution < -0.4 is 0 Å². The van der Waals surface area contributed by atoms with Crippen molar-refractivity contribution in [3.05, 3.63) is 48.0 Å². The maximum atomic E-state index is 11.9.